The zero-order valence-electron chi connectivity index (χ0n) is 21.4. The summed E-state index contributed by atoms with van der Waals surface area (Å²) in [6, 6.07) is 15.0. The van der Waals surface area contributed by atoms with E-state index < -0.39 is 0 Å². The second-order valence-corrected chi connectivity index (χ2v) is 10.7. The average molecular weight is 535 g/mol. The Hall–Kier alpha value is -3.20. The molecule has 3 atom stereocenters. The summed E-state index contributed by atoms with van der Waals surface area (Å²) in [5.74, 6) is 0.478. The first-order valence-electron chi connectivity index (χ1n) is 13.3. The summed E-state index contributed by atoms with van der Waals surface area (Å²) in [6.45, 7) is 4.40. The molecule has 2 aromatic heterocycles. The summed E-state index contributed by atoms with van der Waals surface area (Å²) < 4.78 is 12.8. The van der Waals surface area contributed by atoms with Crippen LogP contribution in [0, 0.1) is 6.92 Å². The molecule has 1 amide bonds. The number of carbonyl (C=O) groups excluding carboxylic acids is 1. The molecule has 1 saturated carbocycles. The Bertz CT molecular complexity index is 1530. The summed E-state index contributed by atoms with van der Waals surface area (Å²) >= 11 is 6.61. The fourth-order valence-electron chi connectivity index (χ4n) is 6.14. The highest BCUT2D eigenvalue weighted by molar-refractivity contribution is 6.37. The van der Waals surface area contributed by atoms with Gasteiger partial charge >= 0.3 is 0 Å². The lowest BCUT2D eigenvalue weighted by Gasteiger charge is -2.36. The molecular weight excluding hydrogens is 504 g/mol. The van der Waals surface area contributed by atoms with Crippen molar-refractivity contribution in [2.24, 2.45) is 0 Å². The van der Waals surface area contributed by atoms with E-state index in [0.717, 1.165) is 35.7 Å². The molecule has 1 saturated heterocycles. The lowest BCUT2D eigenvalue weighted by molar-refractivity contribution is -0.129. The van der Waals surface area contributed by atoms with Crippen LogP contribution in [0.5, 0.6) is 0 Å². The van der Waals surface area contributed by atoms with Crippen molar-refractivity contribution in [3.63, 3.8) is 0 Å². The third-order valence-electron chi connectivity index (χ3n) is 7.92. The predicted octanol–water partition coefficient (Wildman–Crippen LogP) is 4.78. The van der Waals surface area contributed by atoms with E-state index in [9.17, 15) is 9.59 Å². The largest absolute Gasteiger partial charge is 0.379 e. The molecule has 0 bridgehead atoms. The number of fused-ring (bicyclic) bond motifs is 3. The molecule has 1 aliphatic carbocycles. The molecule has 0 spiro atoms. The molecule has 38 heavy (non-hydrogen) atoms. The molecule has 4 aromatic rings. The number of nitrogens with one attached hydrogen (secondary N) is 1. The van der Waals surface area contributed by atoms with Gasteiger partial charge < -0.3 is 19.1 Å². The number of aromatic nitrogens is 2. The van der Waals surface area contributed by atoms with Gasteiger partial charge in [-0.3, -0.25) is 14.5 Å². The summed E-state index contributed by atoms with van der Waals surface area (Å²) in [5, 5.41) is 9.23. The third-order valence-corrected chi connectivity index (χ3v) is 8.23. The number of rotatable bonds is 5. The molecule has 2 aromatic carbocycles. The van der Waals surface area contributed by atoms with Crippen LogP contribution in [0.3, 0.4) is 0 Å². The molecule has 6 rings (SSSR count). The topological polar surface area (TPSA) is 89.6 Å². The maximum Gasteiger partial charge on any atom is 0.264 e. The Morgan fingerprint density at radius 1 is 1.08 bits per heavy atom. The van der Waals surface area contributed by atoms with Gasteiger partial charge in [0.1, 0.15) is 22.7 Å². The Morgan fingerprint density at radius 2 is 1.87 bits per heavy atom. The van der Waals surface area contributed by atoms with Crippen LogP contribution in [0.25, 0.3) is 21.8 Å². The Labute approximate surface area is 225 Å². The van der Waals surface area contributed by atoms with Crippen LogP contribution in [0.15, 0.2) is 57.8 Å². The first kappa shape index (κ1) is 25.1. The van der Waals surface area contributed by atoms with Gasteiger partial charge in [0.15, 0.2) is 0 Å². The number of pyridine rings is 1. The molecule has 2 aliphatic rings. The van der Waals surface area contributed by atoms with Crippen molar-refractivity contribution in [1.29, 1.82) is 0 Å². The van der Waals surface area contributed by atoms with E-state index in [1.165, 1.54) is 0 Å². The number of ether oxygens (including phenoxy) is 1. The van der Waals surface area contributed by atoms with Gasteiger partial charge in [0.05, 0.1) is 23.8 Å². The summed E-state index contributed by atoms with van der Waals surface area (Å²) in [6.07, 6.45) is 3.27. The van der Waals surface area contributed by atoms with Crippen LogP contribution in [-0.2, 0) is 9.53 Å². The molecule has 3 heterocycles. The van der Waals surface area contributed by atoms with Gasteiger partial charge in [-0.25, -0.2) is 0 Å². The van der Waals surface area contributed by atoms with Crippen LogP contribution >= 0.6 is 11.6 Å². The van der Waals surface area contributed by atoms with Gasteiger partial charge in [-0.05, 0) is 50.3 Å². The van der Waals surface area contributed by atoms with Crippen LogP contribution in [0.4, 0.5) is 0 Å². The van der Waals surface area contributed by atoms with E-state index in [1.807, 2.05) is 47.0 Å². The van der Waals surface area contributed by atoms with E-state index in [1.54, 1.807) is 13.0 Å². The van der Waals surface area contributed by atoms with E-state index in [2.05, 4.69) is 15.4 Å². The molecule has 1 aliphatic heterocycles. The van der Waals surface area contributed by atoms with Crippen molar-refractivity contribution in [3.8, 4) is 0 Å². The van der Waals surface area contributed by atoms with Crippen molar-refractivity contribution >= 4 is 39.3 Å². The Morgan fingerprint density at radius 3 is 2.66 bits per heavy atom. The maximum atomic E-state index is 13.8. The predicted molar refractivity (Wildman–Crippen MR) is 147 cm³/mol. The normalized spacial score (nSPS) is 21.5. The van der Waals surface area contributed by atoms with Gasteiger partial charge in [-0.15, -0.1) is 0 Å². The fourth-order valence-corrected chi connectivity index (χ4v) is 6.40. The van der Waals surface area contributed by atoms with Gasteiger partial charge in [-0.1, -0.05) is 53.2 Å². The van der Waals surface area contributed by atoms with Crippen LogP contribution in [0.2, 0.25) is 5.02 Å². The van der Waals surface area contributed by atoms with E-state index >= 15 is 0 Å². The van der Waals surface area contributed by atoms with Crippen molar-refractivity contribution in [2.45, 2.75) is 50.7 Å². The first-order valence-corrected chi connectivity index (χ1v) is 13.7. The number of carbonyl (C=O) groups is 1. The van der Waals surface area contributed by atoms with Gasteiger partial charge in [-0.2, -0.15) is 0 Å². The van der Waals surface area contributed by atoms with Crippen LogP contribution < -0.4 is 10.9 Å². The summed E-state index contributed by atoms with van der Waals surface area (Å²) in [4.78, 5) is 29.7. The van der Waals surface area contributed by atoms with Gasteiger partial charge in [0.2, 0.25) is 5.91 Å². The van der Waals surface area contributed by atoms with Gasteiger partial charge in [0.25, 0.3) is 5.56 Å². The quantitative estimate of drug-likeness (QED) is 0.396. The number of nitrogens with zero attached hydrogens (tertiary/aromatic N) is 3. The number of hydrogen-bond acceptors (Lipinski definition) is 6. The molecule has 2 fully saturated rings. The molecule has 0 radical (unpaired) electrons. The number of halogens is 1. The molecule has 1 N–H and O–H groups in total. The highest BCUT2D eigenvalue weighted by atomic mass is 35.5. The van der Waals surface area contributed by atoms with E-state index in [4.69, 9.17) is 20.9 Å². The van der Waals surface area contributed by atoms with Crippen LogP contribution in [0.1, 0.15) is 49.1 Å². The minimum absolute atomic E-state index is 0.00525. The standard InChI is InChI=1S/C29H31ClN4O4/c1-18-24-26(32-38-18)25-22(30)11-6-12-23(25)34(29(24)36)21-10-5-9-20(17-21)31-28(35)27(19-7-3-2-4-8-19)33-13-15-37-16-14-33/h2-4,6-8,11-12,20-21,27H,5,9-10,13-17H2,1H3,(H,31,35). The molecule has 8 nitrogen and oxygen atoms in total. The summed E-state index contributed by atoms with van der Waals surface area (Å²) in [5.41, 5.74) is 2.10. The van der Waals surface area contributed by atoms with Crippen molar-refractivity contribution in [2.75, 3.05) is 26.3 Å². The molecule has 9 heteroatoms. The smallest absolute Gasteiger partial charge is 0.264 e. The number of benzene rings is 2. The minimum Gasteiger partial charge on any atom is -0.379 e. The first-order chi connectivity index (χ1) is 18.5. The van der Waals surface area contributed by atoms with E-state index in [0.29, 0.717) is 54.4 Å². The monoisotopic (exact) mass is 534 g/mol. The Balaban J connectivity index is 1.31. The van der Waals surface area contributed by atoms with Crippen LogP contribution in [-0.4, -0.2) is 52.9 Å². The maximum absolute atomic E-state index is 13.8. The third kappa shape index (κ3) is 4.51. The minimum atomic E-state index is -0.376. The Kier molecular flexibility index (Phi) is 6.95. The number of amides is 1. The highest BCUT2D eigenvalue weighted by Gasteiger charge is 2.33. The summed E-state index contributed by atoms with van der Waals surface area (Å²) in [7, 11) is 0. The van der Waals surface area contributed by atoms with Gasteiger partial charge in [0, 0.05) is 30.6 Å². The zero-order valence-corrected chi connectivity index (χ0v) is 22.1. The second-order valence-electron chi connectivity index (χ2n) is 10.3. The number of aryl methyl sites for hydroxylation is 1. The number of hydrogen-bond donors (Lipinski definition) is 1. The SMILES string of the molecule is Cc1onc2c1c(=O)n(C1CCCC(NC(=O)C(c3ccccc3)N3CCOCC3)C1)c1cccc(Cl)c21. The van der Waals surface area contributed by atoms with E-state index in [-0.39, 0.29) is 29.6 Å². The van der Waals surface area contributed by atoms with Crippen molar-refractivity contribution in [1.82, 2.24) is 19.9 Å². The lowest BCUT2D eigenvalue weighted by Crippen LogP contribution is -2.49. The average Bonchev–Trinajstić information content (AvgIpc) is 3.32. The highest BCUT2D eigenvalue weighted by Crippen LogP contribution is 2.35. The second kappa shape index (κ2) is 10.5. The zero-order chi connectivity index (χ0) is 26.2. The lowest BCUT2D eigenvalue weighted by atomic mass is 9.89. The molecule has 198 valence electrons. The number of morpholine rings is 1. The molecular formula is C29H31ClN4O4. The van der Waals surface area contributed by atoms with Crippen molar-refractivity contribution < 1.29 is 14.1 Å². The molecule has 3 unspecified atom stereocenters. The fraction of sp³-hybridized carbons (Fsp3) is 0.414. The van der Waals surface area contributed by atoms with Crippen molar-refractivity contribution in [3.05, 3.63) is 75.2 Å².